The van der Waals surface area contributed by atoms with E-state index < -0.39 is 0 Å². The van der Waals surface area contributed by atoms with Gasteiger partial charge in [-0.25, -0.2) is 9.97 Å². The zero-order valence-corrected chi connectivity index (χ0v) is 7.49. The van der Waals surface area contributed by atoms with E-state index in [1.54, 1.807) is 12.4 Å². The van der Waals surface area contributed by atoms with E-state index in [0.29, 0.717) is 5.02 Å². The Bertz CT molecular complexity index is 401. The van der Waals surface area contributed by atoms with E-state index in [9.17, 15) is 0 Å². The lowest BCUT2D eigenvalue weighted by atomic mass is 10.1. The van der Waals surface area contributed by atoms with Gasteiger partial charge in [-0.15, -0.1) is 0 Å². The first kappa shape index (κ1) is 8.20. The van der Waals surface area contributed by atoms with Gasteiger partial charge in [0.2, 0.25) is 0 Å². The van der Waals surface area contributed by atoms with Gasteiger partial charge in [-0.1, -0.05) is 29.8 Å². The number of aromatic nitrogens is 2. The molecule has 1 aromatic heterocycles. The third-order valence-electron chi connectivity index (χ3n) is 1.71. The van der Waals surface area contributed by atoms with E-state index >= 15 is 0 Å². The van der Waals surface area contributed by atoms with Crippen LogP contribution < -0.4 is 0 Å². The molecule has 0 fully saturated rings. The summed E-state index contributed by atoms with van der Waals surface area (Å²) in [5.74, 6) is 0. The average molecular weight is 190 g/mol. The van der Waals surface area contributed by atoms with Crippen molar-refractivity contribution >= 4 is 11.6 Å². The fourth-order valence-electron chi connectivity index (χ4n) is 1.10. The molecule has 0 atom stereocenters. The molecule has 2 rings (SSSR count). The van der Waals surface area contributed by atoms with Gasteiger partial charge in [0, 0.05) is 28.5 Å². The number of hydrogen-bond acceptors (Lipinski definition) is 2. The first-order valence-electron chi connectivity index (χ1n) is 3.81. The number of benzene rings is 1. The summed E-state index contributed by atoms with van der Waals surface area (Å²) in [6.45, 7) is 0. The van der Waals surface area contributed by atoms with E-state index in [2.05, 4.69) is 16.3 Å². The maximum Gasteiger partial charge on any atom is 0.197 e. The summed E-state index contributed by atoms with van der Waals surface area (Å²) in [6, 6.07) is 7.59. The topological polar surface area (TPSA) is 25.8 Å². The van der Waals surface area contributed by atoms with Crippen LogP contribution in [0.4, 0.5) is 0 Å². The van der Waals surface area contributed by atoms with Gasteiger partial charge in [0.15, 0.2) is 6.33 Å². The Morgan fingerprint density at radius 2 is 1.77 bits per heavy atom. The zero-order valence-electron chi connectivity index (χ0n) is 6.74. The zero-order chi connectivity index (χ0) is 9.10. The molecule has 63 valence electrons. The van der Waals surface area contributed by atoms with Crippen molar-refractivity contribution in [2.75, 3.05) is 0 Å². The Labute approximate surface area is 81.2 Å². The van der Waals surface area contributed by atoms with Gasteiger partial charge in [0.1, 0.15) is 0 Å². The standard InChI is InChI=1S/C10H6ClN2/c11-10-4-2-1-3-9(10)8-5-12-7-13-6-8/h1-6H. The lowest BCUT2D eigenvalue weighted by Gasteiger charge is -2.01. The molecular formula is C10H6ClN2. The van der Waals surface area contributed by atoms with Crippen molar-refractivity contribution in [3.05, 3.63) is 48.0 Å². The van der Waals surface area contributed by atoms with Crippen molar-refractivity contribution in [1.29, 1.82) is 0 Å². The van der Waals surface area contributed by atoms with E-state index in [1.165, 1.54) is 0 Å². The van der Waals surface area contributed by atoms with Crippen LogP contribution in [0.2, 0.25) is 5.02 Å². The molecule has 0 N–H and O–H groups in total. The van der Waals surface area contributed by atoms with Gasteiger partial charge in [-0.3, -0.25) is 0 Å². The molecule has 0 aliphatic carbocycles. The highest BCUT2D eigenvalue weighted by atomic mass is 35.5. The van der Waals surface area contributed by atoms with Crippen LogP contribution >= 0.6 is 11.6 Å². The van der Waals surface area contributed by atoms with Crippen molar-refractivity contribution < 1.29 is 0 Å². The van der Waals surface area contributed by atoms with Crippen LogP contribution in [0.5, 0.6) is 0 Å². The summed E-state index contributed by atoms with van der Waals surface area (Å²) in [7, 11) is 0. The Morgan fingerprint density at radius 3 is 2.46 bits per heavy atom. The highest BCUT2D eigenvalue weighted by Crippen LogP contribution is 2.25. The van der Waals surface area contributed by atoms with Crippen LogP contribution in [0.15, 0.2) is 36.7 Å². The largest absolute Gasteiger partial charge is 0.233 e. The molecule has 0 bridgehead atoms. The molecular weight excluding hydrogens is 184 g/mol. The molecule has 1 aromatic carbocycles. The summed E-state index contributed by atoms with van der Waals surface area (Å²) in [6.07, 6.45) is 5.86. The Hall–Kier alpha value is -1.41. The number of halogens is 1. The fraction of sp³-hybridized carbons (Fsp3) is 0. The van der Waals surface area contributed by atoms with Crippen LogP contribution in [0.3, 0.4) is 0 Å². The Balaban J connectivity index is 2.54. The first-order chi connectivity index (χ1) is 6.38. The maximum atomic E-state index is 5.99. The summed E-state index contributed by atoms with van der Waals surface area (Å²) < 4.78 is 0. The number of nitrogens with zero attached hydrogens (tertiary/aromatic N) is 2. The third-order valence-corrected chi connectivity index (χ3v) is 2.04. The van der Waals surface area contributed by atoms with Gasteiger partial charge in [-0.05, 0) is 6.07 Å². The van der Waals surface area contributed by atoms with Gasteiger partial charge < -0.3 is 0 Å². The SMILES string of the molecule is Clc1ccccc1-c1cn[c]nc1. The van der Waals surface area contributed by atoms with Gasteiger partial charge in [-0.2, -0.15) is 0 Å². The molecule has 0 amide bonds. The van der Waals surface area contributed by atoms with Crippen molar-refractivity contribution in [3.63, 3.8) is 0 Å². The second-order valence-corrected chi connectivity index (χ2v) is 2.96. The molecule has 0 aliphatic rings. The van der Waals surface area contributed by atoms with Gasteiger partial charge in [0.25, 0.3) is 0 Å². The lowest BCUT2D eigenvalue weighted by molar-refractivity contribution is 1.15. The molecule has 0 saturated carbocycles. The molecule has 1 heterocycles. The molecule has 0 saturated heterocycles. The smallest absolute Gasteiger partial charge is 0.197 e. The molecule has 13 heavy (non-hydrogen) atoms. The van der Waals surface area contributed by atoms with E-state index in [0.717, 1.165) is 11.1 Å². The minimum absolute atomic E-state index is 0.706. The number of hydrogen-bond donors (Lipinski definition) is 0. The molecule has 2 nitrogen and oxygen atoms in total. The quantitative estimate of drug-likeness (QED) is 0.689. The monoisotopic (exact) mass is 189 g/mol. The van der Waals surface area contributed by atoms with Gasteiger partial charge >= 0.3 is 0 Å². The highest BCUT2D eigenvalue weighted by molar-refractivity contribution is 6.33. The van der Waals surface area contributed by atoms with Crippen molar-refractivity contribution in [3.8, 4) is 11.1 Å². The second-order valence-electron chi connectivity index (χ2n) is 2.55. The first-order valence-corrected chi connectivity index (χ1v) is 4.19. The van der Waals surface area contributed by atoms with Crippen LogP contribution in [0.25, 0.3) is 11.1 Å². The fourth-order valence-corrected chi connectivity index (χ4v) is 1.34. The predicted molar refractivity (Wildman–Crippen MR) is 51.3 cm³/mol. The Kier molecular flexibility index (Phi) is 2.23. The molecule has 0 unspecified atom stereocenters. The van der Waals surface area contributed by atoms with E-state index in [-0.39, 0.29) is 0 Å². The normalized spacial score (nSPS) is 9.92. The van der Waals surface area contributed by atoms with Gasteiger partial charge in [0.05, 0.1) is 0 Å². The predicted octanol–water partition coefficient (Wildman–Crippen LogP) is 2.60. The van der Waals surface area contributed by atoms with E-state index in [4.69, 9.17) is 11.6 Å². The third kappa shape index (κ3) is 1.68. The maximum absolute atomic E-state index is 5.99. The summed E-state index contributed by atoms with van der Waals surface area (Å²) in [4.78, 5) is 7.61. The summed E-state index contributed by atoms with van der Waals surface area (Å²) >= 11 is 5.99. The summed E-state index contributed by atoms with van der Waals surface area (Å²) in [5.41, 5.74) is 1.85. The minimum Gasteiger partial charge on any atom is -0.233 e. The average Bonchev–Trinajstić information content (AvgIpc) is 2.20. The highest BCUT2D eigenvalue weighted by Gasteiger charge is 2.01. The van der Waals surface area contributed by atoms with E-state index in [1.807, 2.05) is 24.3 Å². The Morgan fingerprint density at radius 1 is 1.08 bits per heavy atom. The van der Waals surface area contributed by atoms with Crippen LogP contribution in [0.1, 0.15) is 0 Å². The van der Waals surface area contributed by atoms with Crippen LogP contribution in [0, 0.1) is 6.33 Å². The van der Waals surface area contributed by atoms with Crippen LogP contribution in [-0.4, -0.2) is 9.97 Å². The molecule has 3 heteroatoms. The van der Waals surface area contributed by atoms with Crippen molar-refractivity contribution in [1.82, 2.24) is 9.97 Å². The van der Waals surface area contributed by atoms with Crippen molar-refractivity contribution in [2.24, 2.45) is 0 Å². The number of rotatable bonds is 1. The molecule has 2 aromatic rings. The lowest BCUT2D eigenvalue weighted by Crippen LogP contribution is -1.82. The van der Waals surface area contributed by atoms with Crippen molar-refractivity contribution in [2.45, 2.75) is 0 Å². The minimum atomic E-state index is 0.706. The second kappa shape index (κ2) is 3.54. The molecule has 0 aliphatic heterocycles. The van der Waals surface area contributed by atoms with Crippen LogP contribution in [-0.2, 0) is 0 Å². The summed E-state index contributed by atoms with van der Waals surface area (Å²) in [5, 5.41) is 0.706. The molecule has 0 spiro atoms. The molecule has 1 radical (unpaired) electrons.